The molecule has 0 saturated carbocycles. The van der Waals surface area contributed by atoms with Gasteiger partial charge in [0.25, 0.3) is 11.5 Å². The number of methoxy groups -OCH3 is 1. The molecule has 1 amide bonds. The molecule has 2 aromatic rings. The van der Waals surface area contributed by atoms with E-state index in [-0.39, 0.29) is 11.1 Å². The number of pyridine rings is 1. The molecule has 27 heavy (non-hydrogen) atoms. The molecule has 1 N–H and O–H groups in total. The van der Waals surface area contributed by atoms with Gasteiger partial charge in [-0.05, 0) is 55.2 Å². The summed E-state index contributed by atoms with van der Waals surface area (Å²) >= 11 is 0. The predicted molar refractivity (Wildman–Crippen MR) is 107 cm³/mol. The molecule has 0 aliphatic rings. The monoisotopic (exact) mass is 372 g/mol. The summed E-state index contributed by atoms with van der Waals surface area (Å²) in [5, 5.41) is 2.79. The lowest BCUT2D eigenvalue weighted by atomic mass is 10.1. The highest BCUT2D eigenvalue weighted by Crippen LogP contribution is 2.16. The molecule has 2 rings (SSSR count). The Kier molecular flexibility index (Phi) is 7.61. The van der Waals surface area contributed by atoms with Crippen LogP contribution in [0.15, 0.2) is 41.3 Å². The zero-order valence-electron chi connectivity index (χ0n) is 16.5. The Morgan fingerprint density at radius 2 is 1.85 bits per heavy atom. The zero-order chi connectivity index (χ0) is 19.8. The van der Waals surface area contributed by atoms with Crippen molar-refractivity contribution in [1.82, 2.24) is 4.57 Å². The van der Waals surface area contributed by atoms with E-state index < -0.39 is 5.91 Å². The molecular formula is C21H28N2O4. The molecule has 0 aliphatic heterocycles. The standard InChI is InChI=1S/C21H28N2O4/c1-15(2)9-11-23-12-10-16(3)19(21(23)25)20(24)22-17-5-7-18(8-6-17)27-14-13-26-4/h5-8,10,12,15H,9,11,13-14H2,1-4H3,(H,22,24). The van der Waals surface area contributed by atoms with Gasteiger partial charge in [0, 0.05) is 25.5 Å². The summed E-state index contributed by atoms with van der Waals surface area (Å²) in [7, 11) is 1.62. The fraction of sp³-hybridized carbons (Fsp3) is 0.429. The van der Waals surface area contributed by atoms with Gasteiger partial charge in [0.2, 0.25) is 0 Å². The van der Waals surface area contributed by atoms with Crippen LogP contribution in [0, 0.1) is 12.8 Å². The number of aromatic nitrogens is 1. The second-order valence-corrected chi connectivity index (χ2v) is 6.87. The summed E-state index contributed by atoms with van der Waals surface area (Å²) in [6.07, 6.45) is 2.64. The van der Waals surface area contributed by atoms with Crippen LogP contribution in [0.1, 0.15) is 36.2 Å². The quantitative estimate of drug-likeness (QED) is 0.684. The molecule has 6 heteroatoms. The average Bonchev–Trinajstić information content (AvgIpc) is 2.62. The Morgan fingerprint density at radius 3 is 2.48 bits per heavy atom. The minimum absolute atomic E-state index is 0.182. The Bertz CT molecular complexity index is 810. The Labute approximate surface area is 160 Å². The molecule has 0 atom stereocenters. The van der Waals surface area contributed by atoms with Gasteiger partial charge in [-0.25, -0.2) is 0 Å². The number of carbonyl (C=O) groups is 1. The van der Waals surface area contributed by atoms with Crippen LogP contribution in [0.25, 0.3) is 0 Å². The largest absolute Gasteiger partial charge is 0.491 e. The third-order valence-corrected chi connectivity index (χ3v) is 4.22. The highest BCUT2D eigenvalue weighted by Gasteiger charge is 2.16. The first-order valence-corrected chi connectivity index (χ1v) is 9.15. The molecule has 0 radical (unpaired) electrons. The van der Waals surface area contributed by atoms with E-state index in [9.17, 15) is 9.59 Å². The van der Waals surface area contributed by atoms with Crippen molar-refractivity contribution in [1.29, 1.82) is 0 Å². The lowest BCUT2D eigenvalue weighted by molar-refractivity contribution is 0.102. The summed E-state index contributed by atoms with van der Waals surface area (Å²) < 4.78 is 12.0. The maximum atomic E-state index is 12.7. The Balaban J connectivity index is 2.11. The van der Waals surface area contributed by atoms with Crippen LogP contribution < -0.4 is 15.6 Å². The number of carbonyl (C=O) groups excluding carboxylic acids is 1. The first-order chi connectivity index (χ1) is 12.9. The van der Waals surface area contributed by atoms with E-state index in [1.54, 1.807) is 49.1 Å². The molecule has 1 aromatic heterocycles. The number of anilines is 1. The van der Waals surface area contributed by atoms with Gasteiger partial charge in [0.1, 0.15) is 17.9 Å². The fourth-order valence-electron chi connectivity index (χ4n) is 2.59. The van der Waals surface area contributed by atoms with Gasteiger partial charge < -0.3 is 19.4 Å². The number of aryl methyl sites for hydroxylation is 2. The minimum atomic E-state index is -0.399. The minimum Gasteiger partial charge on any atom is -0.491 e. The van der Waals surface area contributed by atoms with Crippen molar-refractivity contribution in [3.8, 4) is 5.75 Å². The molecule has 6 nitrogen and oxygen atoms in total. The number of rotatable bonds is 9. The van der Waals surface area contributed by atoms with Gasteiger partial charge >= 0.3 is 0 Å². The Hall–Kier alpha value is -2.60. The van der Waals surface area contributed by atoms with Crippen molar-refractivity contribution in [2.75, 3.05) is 25.6 Å². The van der Waals surface area contributed by atoms with E-state index in [4.69, 9.17) is 9.47 Å². The van der Waals surface area contributed by atoms with Gasteiger partial charge in [-0.15, -0.1) is 0 Å². The maximum Gasteiger partial charge on any atom is 0.263 e. The van der Waals surface area contributed by atoms with Crippen molar-refractivity contribution in [3.05, 3.63) is 58.0 Å². The van der Waals surface area contributed by atoms with Crippen LogP contribution in [0.4, 0.5) is 5.69 Å². The topological polar surface area (TPSA) is 69.6 Å². The third-order valence-electron chi connectivity index (χ3n) is 4.22. The lowest BCUT2D eigenvalue weighted by Gasteiger charge is -2.12. The molecule has 0 fully saturated rings. The van der Waals surface area contributed by atoms with Crippen LogP contribution in [0.5, 0.6) is 5.75 Å². The van der Waals surface area contributed by atoms with E-state index in [2.05, 4.69) is 19.2 Å². The van der Waals surface area contributed by atoms with Gasteiger partial charge in [0.15, 0.2) is 0 Å². The highest BCUT2D eigenvalue weighted by molar-refractivity contribution is 6.05. The van der Waals surface area contributed by atoms with Crippen LogP contribution in [-0.4, -0.2) is 30.8 Å². The number of nitrogens with one attached hydrogen (secondary N) is 1. The van der Waals surface area contributed by atoms with Gasteiger partial charge in [0.05, 0.1) is 6.61 Å². The molecule has 0 aliphatic carbocycles. The number of amides is 1. The first-order valence-electron chi connectivity index (χ1n) is 9.15. The molecule has 0 unspecified atom stereocenters. The van der Waals surface area contributed by atoms with E-state index in [1.807, 2.05) is 6.07 Å². The second kappa shape index (κ2) is 9.92. The average molecular weight is 372 g/mol. The molecule has 0 saturated heterocycles. The summed E-state index contributed by atoms with van der Waals surface area (Å²) in [6, 6.07) is 8.84. The fourth-order valence-corrected chi connectivity index (χ4v) is 2.59. The molecule has 0 bridgehead atoms. The predicted octanol–water partition coefficient (Wildman–Crippen LogP) is 3.48. The maximum absolute atomic E-state index is 12.7. The van der Waals surface area contributed by atoms with E-state index in [0.29, 0.717) is 42.7 Å². The third kappa shape index (κ3) is 5.96. The first kappa shape index (κ1) is 20.7. The summed E-state index contributed by atoms with van der Waals surface area (Å²) in [6.45, 7) is 7.56. The summed E-state index contributed by atoms with van der Waals surface area (Å²) in [5.41, 5.74) is 1.20. The number of hydrogen-bond donors (Lipinski definition) is 1. The number of benzene rings is 1. The SMILES string of the molecule is COCCOc1ccc(NC(=O)c2c(C)ccn(CCC(C)C)c2=O)cc1. The molecule has 1 aromatic carbocycles. The van der Waals surface area contributed by atoms with E-state index in [0.717, 1.165) is 6.42 Å². The van der Waals surface area contributed by atoms with E-state index >= 15 is 0 Å². The van der Waals surface area contributed by atoms with Gasteiger partial charge in [-0.2, -0.15) is 0 Å². The van der Waals surface area contributed by atoms with Crippen LogP contribution in [0.3, 0.4) is 0 Å². The molecule has 146 valence electrons. The molecule has 0 spiro atoms. The lowest BCUT2D eigenvalue weighted by Crippen LogP contribution is -2.30. The van der Waals surface area contributed by atoms with Crippen LogP contribution in [-0.2, 0) is 11.3 Å². The number of ether oxygens (including phenoxy) is 2. The summed E-state index contributed by atoms with van der Waals surface area (Å²) in [5.74, 6) is 0.779. The van der Waals surface area contributed by atoms with Crippen LogP contribution in [0.2, 0.25) is 0 Å². The Morgan fingerprint density at radius 1 is 1.15 bits per heavy atom. The zero-order valence-corrected chi connectivity index (χ0v) is 16.5. The second-order valence-electron chi connectivity index (χ2n) is 6.87. The van der Waals surface area contributed by atoms with Crippen LogP contribution >= 0.6 is 0 Å². The van der Waals surface area contributed by atoms with Crippen molar-refractivity contribution < 1.29 is 14.3 Å². The van der Waals surface area contributed by atoms with Crippen molar-refractivity contribution in [3.63, 3.8) is 0 Å². The smallest absolute Gasteiger partial charge is 0.263 e. The van der Waals surface area contributed by atoms with Crippen molar-refractivity contribution in [2.45, 2.75) is 33.7 Å². The molecule has 1 heterocycles. The van der Waals surface area contributed by atoms with Gasteiger partial charge in [-0.1, -0.05) is 13.8 Å². The highest BCUT2D eigenvalue weighted by atomic mass is 16.5. The number of nitrogens with zero attached hydrogens (tertiary/aromatic N) is 1. The van der Waals surface area contributed by atoms with Gasteiger partial charge in [-0.3, -0.25) is 9.59 Å². The molecular weight excluding hydrogens is 344 g/mol. The number of hydrogen-bond acceptors (Lipinski definition) is 4. The van der Waals surface area contributed by atoms with E-state index in [1.165, 1.54) is 0 Å². The summed E-state index contributed by atoms with van der Waals surface area (Å²) in [4.78, 5) is 25.4. The normalized spacial score (nSPS) is 10.9. The van der Waals surface area contributed by atoms with Crippen molar-refractivity contribution >= 4 is 11.6 Å². The van der Waals surface area contributed by atoms with Crippen molar-refractivity contribution in [2.24, 2.45) is 5.92 Å².